The summed E-state index contributed by atoms with van der Waals surface area (Å²) in [5.74, 6) is 2.62. The first-order chi connectivity index (χ1) is 15.2. The van der Waals surface area contributed by atoms with Gasteiger partial charge in [-0.25, -0.2) is 15.0 Å². The highest BCUT2D eigenvalue weighted by molar-refractivity contribution is 7.13. The molecule has 1 aliphatic rings. The topological polar surface area (TPSA) is 67.2 Å². The molecule has 8 heteroatoms. The minimum atomic E-state index is 0.0785. The van der Waals surface area contributed by atoms with Crippen molar-refractivity contribution in [1.29, 1.82) is 0 Å². The van der Waals surface area contributed by atoms with Crippen molar-refractivity contribution in [3.63, 3.8) is 0 Å². The lowest BCUT2D eigenvalue weighted by molar-refractivity contribution is 0.0746. The largest absolute Gasteiger partial charge is 0.353 e. The van der Waals surface area contributed by atoms with Crippen LogP contribution in [-0.2, 0) is 0 Å². The molecule has 0 radical (unpaired) electrons. The molecule has 3 aromatic heterocycles. The lowest BCUT2D eigenvalue weighted by Gasteiger charge is -2.35. The summed E-state index contributed by atoms with van der Waals surface area (Å²) in [6.45, 7) is 4.74. The number of anilines is 1. The Balaban J connectivity index is 1.24. The highest BCUT2D eigenvalue weighted by Crippen LogP contribution is 2.25. The Morgan fingerprint density at radius 3 is 2.42 bits per heavy atom. The van der Waals surface area contributed by atoms with Crippen LogP contribution in [0.15, 0.2) is 66.6 Å². The second-order valence-electron chi connectivity index (χ2n) is 7.41. The second kappa shape index (κ2) is 8.31. The standard InChI is InChI=1S/C23H22N6OS/c1-17-24-8-9-29(17)22-15-21(25-16-26-22)27-10-12-28(13-11-27)23(30)19-6-4-18(5-7-19)20-3-2-14-31-20/h2-9,14-16H,10-13H2,1H3. The lowest BCUT2D eigenvalue weighted by atomic mass is 10.1. The quantitative estimate of drug-likeness (QED) is 0.494. The molecular formula is C23H22N6OS. The Bertz CT molecular complexity index is 1180. The van der Waals surface area contributed by atoms with Gasteiger partial charge in [-0.05, 0) is 36.1 Å². The number of aromatic nitrogens is 4. The fourth-order valence-electron chi connectivity index (χ4n) is 3.80. The number of nitrogens with zero attached hydrogens (tertiary/aromatic N) is 6. The van der Waals surface area contributed by atoms with E-state index in [-0.39, 0.29) is 5.91 Å². The molecule has 0 unspecified atom stereocenters. The Labute approximate surface area is 184 Å². The van der Waals surface area contributed by atoms with Crippen LogP contribution in [0.25, 0.3) is 16.3 Å². The van der Waals surface area contributed by atoms with Crippen LogP contribution in [0.4, 0.5) is 5.82 Å². The van der Waals surface area contributed by atoms with Gasteiger partial charge in [-0.1, -0.05) is 18.2 Å². The summed E-state index contributed by atoms with van der Waals surface area (Å²) in [6.07, 6.45) is 5.23. The molecular weight excluding hydrogens is 408 g/mol. The fraction of sp³-hybridized carbons (Fsp3) is 0.217. The molecule has 31 heavy (non-hydrogen) atoms. The molecule has 0 saturated carbocycles. The van der Waals surface area contributed by atoms with Gasteiger partial charge in [0.25, 0.3) is 5.91 Å². The van der Waals surface area contributed by atoms with Gasteiger partial charge in [-0.2, -0.15) is 0 Å². The Morgan fingerprint density at radius 1 is 0.968 bits per heavy atom. The zero-order valence-electron chi connectivity index (χ0n) is 17.2. The maximum Gasteiger partial charge on any atom is 0.253 e. The van der Waals surface area contributed by atoms with Crippen molar-refractivity contribution in [1.82, 2.24) is 24.4 Å². The van der Waals surface area contributed by atoms with Gasteiger partial charge in [0.05, 0.1) is 0 Å². The van der Waals surface area contributed by atoms with Crippen LogP contribution in [0.5, 0.6) is 0 Å². The molecule has 5 rings (SSSR count). The third-order valence-corrected chi connectivity index (χ3v) is 6.46. The number of rotatable bonds is 4. The van der Waals surface area contributed by atoms with E-state index in [0.717, 1.165) is 41.7 Å². The molecule has 0 N–H and O–H groups in total. The van der Waals surface area contributed by atoms with Crippen LogP contribution in [0.3, 0.4) is 0 Å². The molecule has 1 aliphatic heterocycles. The molecule has 1 fully saturated rings. The lowest BCUT2D eigenvalue weighted by Crippen LogP contribution is -2.49. The zero-order valence-corrected chi connectivity index (χ0v) is 18.0. The number of benzene rings is 1. The first kappa shape index (κ1) is 19.4. The van der Waals surface area contributed by atoms with Gasteiger partial charge in [0.2, 0.25) is 0 Å². The number of carbonyl (C=O) groups is 1. The Hall–Kier alpha value is -3.52. The fourth-order valence-corrected chi connectivity index (χ4v) is 4.54. The van der Waals surface area contributed by atoms with Gasteiger partial charge < -0.3 is 9.80 Å². The molecule has 0 aliphatic carbocycles. The number of piperazine rings is 1. The number of aryl methyl sites for hydroxylation is 1. The van der Waals surface area contributed by atoms with Gasteiger partial charge in [0.1, 0.15) is 23.8 Å². The molecule has 156 valence electrons. The highest BCUT2D eigenvalue weighted by atomic mass is 32.1. The highest BCUT2D eigenvalue weighted by Gasteiger charge is 2.23. The summed E-state index contributed by atoms with van der Waals surface area (Å²) in [6, 6.07) is 14.0. The number of thiophene rings is 1. The summed E-state index contributed by atoms with van der Waals surface area (Å²) < 4.78 is 1.94. The maximum atomic E-state index is 13.0. The molecule has 0 bridgehead atoms. The minimum absolute atomic E-state index is 0.0785. The van der Waals surface area contributed by atoms with Crippen LogP contribution in [0.1, 0.15) is 16.2 Å². The van der Waals surface area contributed by atoms with Crippen molar-refractivity contribution < 1.29 is 4.79 Å². The summed E-state index contributed by atoms with van der Waals surface area (Å²) in [7, 11) is 0. The van der Waals surface area contributed by atoms with Crippen molar-refractivity contribution in [2.24, 2.45) is 0 Å². The van der Waals surface area contributed by atoms with Crippen molar-refractivity contribution in [2.45, 2.75) is 6.92 Å². The number of imidazole rings is 1. The van der Waals surface area contributed by atoms with E-state index < -0.39 is 0 Å². The normalized spacial score (nSPS) is 14.1. The van der Waals surface area contributed by atoms with E-state index in [2.05, 4.69) is 31.3 Å². The predicted molar refractivity (Wildman–Crippen MR) is 122 cm³/mol. The van der Waals surface area contributed by atoms with E-state index in [1.807, 2.05) is 59.0 Å². The van der Waals surface area contributed by atoms with E-state index in [1.165, 1.54) is 4.88 Å². The van der Waals surface area contributed by atoms with Gasteiger partial charge in [-0.3, -0.25) is 9.36 Å². The average molecular weight is 431 g/mol. The third-order valence-electron chi connectivity index (χ3n) is 5.54. The minimum Gasteiger partial charge on any atom is -0.353 e. The number of amides is 1. The predicted octanol–water partition coefficient (Wildman–Crippen LogP) is 3.66. The maximum absolute atomic E-state index is 13.0. The van der Waals surface area contributed by atoms with Crippen molar-refractivity contribution in [3.8, 4) is 16.3 Å². The van der Waals surface area contributed by atoms with Crippen molar-refractivity contribution in [3.05, 3.63) is 78.0 Å². The van der Waals surface area contributed by atoms with E-state index in [9.17, 15) is 4.79 Å². The van der Waals surface area contributed by atoms with Crippen LogP contribution < -0.4 is 4.90 Å². The van der Waals surface area contributed by atoms with Gasteiger partial charge in [-0.15, -0.1) is 11.3 Å². The van der Waals surface area contributed by atoms with Gasteiger partial charge in [0.15, 0.2) is 0 Å². The second-order valence-corrected chi connectivity index (χ2v) is 8.36. The Kier molecular flexibility index (Phi) is 5.21. The van der Waals surface area contributed by atoms with E-state index >= 15 is 0 Å². The molecule has 4 aromatic rings. The summed E-state index contributed by atoms with van der Waals surface area (Å²) >= 11 is 1.70. The first-order valence-electron chi connectivity index (χ1n) is 10.2. The zero-order chi connectivity index (χ0) is 21.2. The van der Waals surface area contributed by atoms with Crippen molar-refractivity contribution in [2.75, 3.05) is 31.1 Å². The van der Waals surface area contributed by atoms with E-state index in [1.54, 1.807) is 23.9 Å². The van der Waals surface area contributed by atoms with Gasteiger partial charge in [0, 0.05) is 55.1 Å². The molecule has 0 spiro atoms. The number of hydrogen-bond donors (Lipinski definition) is 0. The monoisotopic (exact) mass is 430 g/mol. The SMILES string of the molecule is Cc1nccn1-c1cc(N2CCN(C(=O)c3ccc(-c4cccs4)cc3)CC2)ncn1. The number of hydrogen-bond acceptors (Lipinski definition) is 6. The van der Waals surface area contributed by atoms with Crippen LogP contribution in [-0.4, -0.2) is 56.5 Å². The van der Waals surface area contributed by atoms with Crippen LogP contribution in [0.2, 0.25) is 0 Å². The van der Waals surface area contributed by atoms with E-state index in [0.29, 0.717) is 13.1 Å². The van der Waals surface area contributed by atoms with Gasteiger partial charge >= 0.3 is 0 Å². The van der Waals surface area contributed by atoms with Crippen LogP contribution >= 0.6 is 11.3 Å². The van der Waals surface area contributed by atoms with Crippen molar-refractivity contribution >= 4 is 23.1 Å². The Morgan fingerprint density at radius 2 is 1.74 bits per heavy atom. The summed E-state index contributed by atoms with van der Waals surface area (Å²) in [5, 5.41) is 2.06. The molecule has 4 heterocycles. The summed E-state index contributed by atoms with van der Waals surface area (Å²) in [5.41, 5.74) is 1.87. The molecule has 1 saturated heterocycles. The first-order valence-corrected chi connectivity index (χ1v) is 11.1. The average Bonchev–Trinajstić information content (AvgIpc) is 3.51. The molecule has 1 aromatic carbocycles. The molecule has 0 atom stereocenters. The summed E-state index contributed by atoms with van der Waals surface area (Å²) in [4.78, 5) is 31.4. The molecule has 7 nitrogen and oxygen atoms in total. The van der Waals surface area contributed by atoms with Crippen LogP contribution in [0, 0.1) is 6.92 Å². The number of carbonyl (C=O) groups excluding carboxylic acids is 1. The van der Waals surface area contributed by atoms with E-state index in [4.69, 9.17) is 0 Å². The smallest absolute Gasteiger partial charge is 0.253 e. The molecule has 1 amide bonds. The third kappa shape index (κ3) is 3.94.